The lowest BCUT2D eigenvalue weighted by atomic mass is 10.2. The molecule has 5 N–H and O–H groups in total. The van der Waals surface area contributed by atoms with E-state index in [-0.39, 0.29) is 19.0 Å². The summed E-state index contributed by atoms with van der Waals surface area (Å²) >= 11 is 0. The summed E-state index contributed by atoms with van der Waals surface area (Å²) in [4.78, 5) is 19.3. The molecular formula is C17H21N5O5. The number of aliphatic hydroxyl groups excluding tert-OH is 2. The highest BCUT2D eigenvalue weighted by atomic mass is 16.6. The highest BCUT2D eigenvalue weighted by Crippen LogP contribution is 2.34. The number of fused-ring (bicyclic) bond motifs is 1. The summed E-state index contributed by atoms with van der Waals surface area (Å²) < 4.78 is 12.7. The lowest BCUT2D eigenvalue weighted by Crippen LogP contribution is -2.26. The number of nitrogens with zero attached hydrogens (tertiary/aromatic N) is 3. The number of nitrogens with one attached hydrogen (secondary N) is 1. The molecule has 1 aliphatic heterocycles. The van der Waals surface area contributed by atoms with E-state index in [1.165, 1.54) is 6.33 Å². The molecule has 2 aromatic heterocycles. The number of nitrogens with two attached hydrogens (primary N) is 1. The van der Waals surface area contributed by atoms with Crippen LogP contribution in [0, 0.1) is 11.8 Å². The van der Waals surface area contributed by atoms with E-state index in [0.717, 1.165) is 0 Å². The first-order valence-corrected chi connectivity index (χ1v) is 8.35. The molecule has 27 heavy (non-hydrogen) atoms. The van der Waals surface area contributed by atoms with Crippen molar-refractivity contribution in [1.82, 2.24) is 19.9 Å². The zero-order chi connectivity index (χ0) is 19.4. The molecular weight excluding hydrogens is 354 g/mol. The minimum Gasteiger partial charge on any atom is -0.390 e. The Bertz CT molecular complexity index is 887. The Morgan fingerprint density at radius 1 is 1.56 bits per heavy atom. The predicted molar refractivity (Wildman–Crippen MR) is 95.3 cm³/mol. The first-order chi connectivity index (χ1) is 13.0. The fraction of sp³-hybridized carbons (Fsp3) is 0.471. The summed E-state index contributed by atoms with van der Waals surface area (Å²) in [5.41, 5.74) is 7.12. The monoisotopic (exact) mass is 375 g/mol. The minimum absolute atomic E-state index is 0.0776. The van der Waals surface area contributed by atoms with E-state index < -0.39 is 30.9 Å². The Morgan fingerprint density at radius 3 is 3.11 bits per heavy atom. The molecule has 1 aliphatic rings. The maximum atomic E-state index is 11.1. The molecule has 3 rings (SSSR count). The Labute approximate surface area is 155 Å². The summed E-state index contributed by atoms with van der Waals surface area (Å²) in [5, 5.41) is 21.9. The van der Waals surface area contributed by atoms with Gasteiger partial charge in [0.2, 0.25) is 5.91 Å². The van der Waals surface area contributed by atoms with Gasteiger partial charge in [0.25, 0.3) is 0 Å². The van der Waals surface area contributed by atoms with Crippen molar-refractivity contribution >= 4 is 22.8 Å². The number of anilines is 1. The van der Waals surface area contributed by atoms with Gasteiger partial charge in [-0.3, -0.25) is 4.79 Å². The van der Waals surface area contributed by atoms with Gasteiger partial charge in [0, 0.05) is 19.7 Å². The number of carbonyl (C=O) groups is 1. The number of carbonyl (C=O) groups excluding carboxylic acids is 1. The molecule has 10 heteroatoms. The zero-order valence-electron chi connectivity index (χ0n) is 14.8. The first-order valence-electron chi connectivity index (χ1n) is 8.35. The molecule has 144 valence electrons. The van der Waals surface area contributed by atoms with Gasteiger partial charge in [-0.25, -0.2) is 9.97 Å². The highest BCUT2D eigenvalue weighted by Gasteiger charge is 2.36. The van der Waals surface area contributed by atoms with Crippen molar-refractivity contribution in [2.24, 2.45) is 0 Å². The second-order valence-electron chi connectivity index (χ2n) is 6.03. The van der Waals surface area contributed by atoms with Gasteiger partial charge in [-0.2, -0.15) is 0 Å². The molecule has 0 radical (unpaired) electrons. The van der Waals surface area contributed by atoms with E-state index in [0.29, 0.717) is 23.0 Å². The summed E-state index contributed by atoms with van der Waals surface area (Å²) in [6.07, 6.45) is 1.94. The van der Waals surface area contributed by atoms with Crippen molar-refractivity contribution in [3.05, 3.63) is 18.1 Å². The molecule has 0 aliphatic carbocycles. The molecule has 10 nitrogen and oxygen atoms in total. The SMILES string of the molecule is COCC1OC(n2cc(C#CCNC(=O)CO)c3c(N)ncnc32)CC1O. The van der Waals surface area contributed by atoms with Gasteiger partial charge in [-0.15, -0.1) is 0 Å². The molecule has 0 bridgehead atoms. The number of methoxy groups -OCH3 is 1. The van der Waals surface area contributed by atoms with Crippen molar-refractivity contribution in [3.63, 3.8) is 0 Å². The maximum Gasteiger partial charge on any atom is 0.246 e. The van der Waals surface area contributed by atoms with Crippen molar-refractivity contribution < 1.29 is 24.5 Å². The normalized spacial score (nSPS) is 21.8. The fourth-order valence-corrected chi connectivity index (χ4v) is 2.96. The second-order valence-corrected chi connectivity index (χ2v) is 6.03. The summed E-state index contributed by atoms with van der Waals surface area (Å²) in [6.45, 7) is -0.231. The van der Waals surface area contributed by atoms with Crippen LogP contribution in [0.25, 0.3) is 11.0 Å². The average molecular weight is 375 g/mol. The molecule has 0 aromatic carbocycles. The summed E-state index contributed by atoms with van der Waals surface area (Å²) in [6, 6.07) is 0. The Morgan fingerprint density at radius 2 is 2.37 bits per heavy atom. The number of amides is 1. The summed E-state index contributed by atoms with van der Waals surface area (Å²) in [5.74, 6) is 5.50. The number of hydrogen-bond acceptors (Lipinski definition) is 8. The average Bonchev–Trinajstić information content (AvgIpc) is 3.20. The Kier molecular flexibility index (Phi) is 5.88. The van der Waals surface area contributed by atoms with Crippen LogP contribution in [0.3, 0.4) is 0 Å². The van der Waals surface area contributed by atoms with Crippen LogP contribution in [0.1, 0.15) is 18.2 Å². The third kappa shape index (κ3) is 4.01. The number of nitrogen functional groups attached to an aromatic ring is 1. The van der Waals surface area contributed by atoms with Crippen LogP contribution in [0.15, 0.2) is 12.5 Å². The maximum absolute atomic E-state index is 11.1. The summed E-state index contributed by atoms with van der Waals surface area (Å²) in [7, 11) is 1.55. The third-order valence-electron chi connectivity index (χ3n) is 4.22. The molecule has 3 atom stereocenters. The molecule has 0 saturated carbocycles. The minimum atomic E-state index is -0.658. The third-order valence-corrected chi connectivity index (χ3v) is 4.22. The smallest absolute Gasteiger partial charge is 0.246 e. The van der Waals surface area contributed by atoms with Gasteiger partial charge in [-0.05, 0) is 0 Å². The number of hydrogen-bond donors (Lipinski definition) is 4. The van der Waals surface area contributed by atoms with Crippen molar-refractivity contribution in [2.75, 3.05) is 32.6 Å². The number of aliphatic hydroxyl groups is 2. The van der Waals surface area contributed by atoms with Crippen LogP contribution in [-0.2, 0) is 14.3 Å². The van der Waals surface area contributed by atoms with E-state index in [9.17, 15) is 9.90 Å². The molecule has 3 heterocycles. The first kappa shape index (κ1) is 19.1. The van der Waals surface area contributed by atoms with Gasteiger partial charge in [-0.1, -0.05) is 11.8 Å². The molecule has 1 amide bonds. The second kappa shape index (κ2) is 8.32. The van der Waals surface area contributed by atoms with Gasteiger partial charge >= 0.3 is 0 Å². The molecule has 2 aromatic rings. The van der Waals surface area contributed by atoms with Crippen molar-refractivity contribution in [1.29, 1.82) is 0 Å². The van der Waals surface area contributed by atoms with Crippen LogP contribution in [0.5, 0.6) is 0 Å². The largest absolute Gasteiger partial charge is 0.390 e. The van der Waals surface area contributed by atoms with Crippen LogP contribution < -0.4 is 11.1 Å². The van der Waals surface area contributed by atoms with Gasteiger partial charge in [0.05, 0.1) is 30.2 Å². The Hall–Kier alpha value is -2.71. The van der Waals surface area contributed by atoms with Gasteiger partial charge in [0.1, 0.15) is 36.7 Å². The van der Waals surface area contributed by atoms with Crippen LogP contribution in [0.4, 0.5) is 5.82 Å². The van der Waals surface area contributed by atoms with E-state index in [4.69, 9.17) is 20.3 Å². The predicted octanol–water partition coefficient (Wildman–Crippen LogP) is -1.23. The van der Waals surface area contributed by atoms with E-state index in [2.05, 4.69) is 27.1 Å². The number of aromatic nitrogens is 3. The van der Waals surface area contributed by atoms with Crippen LogP contribution in [-0.4, -0.2) is 69.7 Å². The van der Waals surface area contributed by atoms with E-state index in [1.807, 2.05) is 0 Å². The number of rotatable bonds is 5. The zero-order valence-corrected chi connectivity index (χ0v) is 14.8. The molecule has 1 saturated heterocycles. The van der Waals surface area contributed by atoms with E-state index >= 15 is 0 Å². The van der Waals surface area contributed by atoms with Crippen LogP contribution >= 0.6 is 0 Å². The molecule has 3 unspecified atom stereocenters. The molecule has 0 spiro atoms. The molecule has 1 fully saturated rings. The van der Waals surface area contributed by atoms with Crippen molar-refractivity contribution in [3.8, 4) is 11.8 Å². The fourth-order valence-electron chi connectivity index (χ4n) is 2.96. The van der Waals surface area contributed by atoms with Crippen LogP contribution in [0.2, 0.25) is 0 Å². The Balaban J connectivity index is 1.90. The standard InChI is InChI=1S/C17H21N5O5/c1-26-8-12-11(24)5-14(27-12)22-6-10(3-2-4-19-13(25)7-23)15-16(18)20-9-21-17(15)22/h6,9,11-12,14,23-24H,4-5,7-8H2,1H3,(H,19,25)(H2,18,20,21). The van der Waals surface area contributed by atoms with Gasteiger partial charge < -0.3 is 35.3 Å². The van der Waals surface area contributed by atoms with Crippen molar-refractivity contribution in [2.45, 2.75) is 24.9 Å². The highest BCUT2D eigenvalue weighted by molar-refractivity contribution is 5.92. The number of ether oxygens (including phenoxy) is 2. The quantitative estimate of drug-likeness (QED) is 0.475. The lowest BCUT2D eigenvalue weighted by molar-refractivity contribution is -0.123. The van der Waals surface area contributed by atoms with E-state index in [1.54, 1.807) is 17.9 Å². The topological polar surface area (TPSA) is 145 Å². The van der Waals surface area contributed by atoms with Gasteiger partial charge in [0.15, 0.2) is 0 Å². The lowest BCUT2D eigenvalue weighted by Gasteiger charge is -2.15.